The molecule has 7 heteroatoms. The highest BCUT2D eigenvalue weighted by Crippen LogP contribution is 2.19. The number of aliphatic hydroxyl groups excluding tert-OH is 1. The van der Waals surface area contributed by atoms with Crippen LogP contribution in [0.2, 0.25) is 0 Å². The van der Waals surface area contributed by atoms with E-state index < -0.39 is 23.5 Å². The zero-order valence-corrected chi connectivity index (χ0v) is 11.4. The van der Waals surface area contributed by atoms with Gasteiger partial charge in [0.15, 0.2) is 0 Å². The van der Waals surface area contributed by atoms with Gasteiger partial charge in [0, 0.05) is 24.0 Å². The van der Waals surface area contributed by atoms with E-state index in [0.29, 0.717) is 11.6 Å². The Labute approximate surface area is 124 Å². The summed E-state index contributed by atoms with van der Waals surface area (Å²) in [6, 6.07) is 5.52. The molecule has 0 heterocycles. The normalized spacial score (nSPS) is 10.4. The highest BCUT2D eigenvalue weighted by molar-refractivity contribution is 6.00. The van der Waals surface area contributed by atoms with E-state index >= 15 is 0 Å². The summed E-state index contributed by atoms with van der Waals surface area (Å²) in [4.78, 5) is 11.8. The third kappa shape index (κ3) is 4.23. The molecule has 2 rings (SSSR count). The van der Waals surface area contributed by atoms with Crippen LogP contribution >= 0.6 is 0 Å². The Morgan fingerprint density at radius 2 is 1.64 bits per heavy atom. The lowest BCUT2D eigenvalue weighted by atomic mass is 10.1. The summed E-state index contributed by atoms with van der Waals surface area (Å²) in [5, 5.41) is 13.6. The molecule has 0 radical (unpaired) electrons. The molecule has 2 amide bonds. The molecule has 0 aliphatic heterocycles. The highest BCUT2D eigenvalue weighted by Gasteiger charge is 2.09. The molecule has 0 unspecified atom stereocenters. The van der Waals surface area contributed by atoms with E-state index in [2.05, 4.69) is 10.6 Å². The molecule has 4 nitrogen and oxygen atoms in total. The molecule has 116 valence electrons. The van der Waals surface area contributed by atoms with Gasteiger partial charge >= 0.3 is 6.03 Å². The first-order chi connectivity index (χ1) is 10.5. The fourth-order valence-electron chi connectivity index (χ4n) is 1.91. The van der Waals surface area contributed by atoms with E-state index in [0.717, 1.165) is 18.2 Å². The average molecular weight is 310 g/mol. The second kappa shape index (κ2) is 6.95. The van der Waals surface area contributed by atoms with Crippen molar-refractivity contribution in [3.63, 3.8) is 0 Å². The van der Waals surface area contributed by atoms with Crippen LogP contribution in [0.5, 0.6) is 0 Å². The van der Waals surface area contributed by atoms with Crippen molar-refractivity contribution in [3.8, 4) is 0 Å². The summed E-state index contributed by atoms with van der Waals surface area (Å²) in [6.07, 6.45) is 0.227. The first kappa shape index (κ1) is 15.8. The standard InChI is InChI=1S/C15H13F3N2O2/c16-10-2-1-9(3-4-21)14(8-10)20-15(22)19-13-6-11(17)5-12(18)7-13/h1-2,5-8,21H,3-4H2,(H2,19,20,22). The maximum absolute atomic E-state index is 13.2. The van der Waals surface area contributed by atoms with Crippen molar-refractivity contribution < 1.29 is 23.1 Å². The highest BCUT2D eigenvalue weighted by atomic mass is 19.1. The number of carbonyl (C=O) groups is 1. The Bertz CT molecular complexity index is 672. The quantitative estimate of drug-likeness (QED) is 0.811. The van der Waals surface area contributed by atoms with Crippen LogP contribution in [0.3, 0.4) is 0 Å². The van der Waals surface area contributed by atoms with Gasteiger partial charge in [-0.1, -0.05) is 6.07 Å². The summed E-state index contributed by atoms with van der Waals surface area (Å²) >= 11 is 0. The predicted molar refractivity (Wildman–Crippen MR) is 76.2 cm³/mol. The minimum atomic E-state index is -0.831. The van der Waals surface area contributed by atoms with Gasteiger partial charge in [-0.3, -0.25) is 0 Å². The molecule has 0 bridgehead atoms. The number of hydrogen-bond donors (Lipinski definition) is 3. The van der Waals surface area contributed by atoms with Crippen molar-refractivity contribution in [3.05, 3.63) is 59.4 Å². The third-order valence-corrected chi connectivity index (χ3v) is 2.82. The van der Waals surface area contributed by atoms with Crippen molar-refractivity contribution in [2.45, 2.75) is 6.42 Å². The van der Waals surface area contributed by atoms with E-state index in [1.54, 1.807) is 0 Å². The molecule has 3 N–H and O–H groups in total. The van der Waals surface area contributed by atoms with Crippen LogP contribution in [-0.2, 0) is 6.42 Å². The van der Waals surface area contributed by atoms with Crippen LogP contribution < -0.4 is 10.6 Å². The van der Waals surface area contributed by atoms with Crippen LogP contribution in [0.1, 0.15) is 5.56 Å². The minimum absolute atomic E-state index is 0.0740. The van der Waals surface area contributed by atoms with Crippen molar-refractivity contribution >= 4 is 17.4 Å². The largest absolute Gasteiger partial charge is 0.396 e. The lowest BCUT2D eigenvalue weighted by Gasteiger charge is -2.12. The molecule has 0 spiro atoms. The lowest BCUT2D eigenvalue weighted by molar-refractivity contribution is 0.262. The van der Waals surface area contributed by atoms with Gasteiger partial charge in [-0.15, -0.1) is 0 Å². The molecule has 0 saturated heterocycles. The second-order valence-electron chi connectivity index (χ2n) is 4.51. The van der Waals surface area contributed by atoms with Crippen molar-refractivity contribution in [2.75, 3.05) is 17.2 Å². The molecule has 0 atom stereocenters. The number of amides is 2. The molecule has 2 aromatic rings. The molecular formula is C15H13F3N2O2. The van der Waals surface area contributed by atoms with Gasteiger partial charge in [-0.25, -0.2) is 18.0 Å². The van der Waals surface area contributed by atoms with Crippen molar-refractivity contribution in [2.24, 2.45) is 0 Å². The second-order valence-corrected chi connectivity index (χ2v) is 4.51. The van der Waals surface area contributed by atoms with E-state index in [-0.39, 0.29) is 24.4 Å². The molecule has 22 heavy (non-hydrogen) atoms. The van der Waals surface area contributed by atoms with Gasteiger partial charge in [0.25, 0.3) is 0 Å². The maximum Gasteiger partial charge on any atom is 0.323 e. The molecule has 0 saturated carbocycles. The first-order valence-electron chi connectivity index (χ1n) is 6.41. The van der Waals surface area contributed by atoms with E-state index in [1.165, 1.54) is 12.1 Å². The predicted octanol–water partition coefficient (Wildman–Crippen LogP) is 3.28. The van der Waals surface area contributed by atoms with Gasteiger partial charge < -0.3 is 15.7 Å². The smallest absolute Gasteiger partial charge is 0.323 e. The molecule has 0 aliphatic rings. The third-order valence-electron chi connectivity index (χ3n) is 2.82. The monoisotopic (exact) mass is 310 g/mol. The van der Waals surface area contributed by atoms with Crippen molar-refractivity contribution in [1.29, 1.82) is 0 Å². The number of hydrogen-bond acceptors (Lipinski definition) is 2. The van der Waals surface area contributed by atoms with Gasteiger partial charge in [-0.05, 0) is 36.2 Å². The number of carbonyl (C=O) groups excluding carboxylic acids is 1. The van der Waals surface area contributed by atoms with Crippen LogP contribution in [0.4, 0.5) is 29.3 Å². The summed E-state index contributed by atoms with van der Waals surface area (Å²) in [6.45, 7) is -0.170. The summed E-state index contributed by atoms with van der Waals surface area (Å²) in [5.74, 6) is -2.22. The summed E-state index contributed by atoms with van der Waals surface area (Å²) < 4.78 is 39.3. The average Bonchev–Trinajstić information content (AvgIpc) is 2.40. The van der Waals surface area contributed by atoms with Gasteiger partial charge in [0.2, 0.25) is 0 Å². The Hall–Kier alpha value is -2.54. The number of halogens is 3. The Morgan fingerprint density at radius 3 is 2.27 bits per heavy atom. The Morgan fingerprint density at radius 1 is 0.955 bits per heavy atom. The van der Waals surface area contributed by atoms with Gasteiger partial charge in [-0.2, -0.15) is 0 Å². The van der Waals surface area contributed by atoms with Crippen LogP contribution in [0, 0.1) is 17.5 Å². The summed E-state index contributed by atoms with van der Waals surface area (Å²) in [7, 11) is 0. The van der Waals surface area contributed by atoms with Crippen LogP contribution in [0.25, 0.3) is 0 Å². The van der Waals surface area contributed by atoms with E-state index in [1.807, 2.05) is 0 Å². The number of aliphatic hydroxyl groups is 1. The number of anilines is 2. The van der Waals surface area contributed by atoms with Crippen LogP contribution in [-0.4, -0.2) is 17.7 Å². The molecular weight excluding hydrogens is 297 g/mol. The number of rotatable bonds is 4. The first-order valence-corrected chi connectivity index (χ1v) is 6.41. The Balaban J connectivity index is 2.13. The van der Waals surface area contributed by atoms with Crippen molar-refractivity contribution in [1.82, 2.24) is 0 Å². The van der Waals surface area contributed by atoms with Crippen LogP contribution in [0.15, 0.2) is 36.4 Å². The summed E-state index contributed by atoms with van der Waals surface area (Å²) in [5.41, 5.74) is 0.628. The lowest BCUT2D eigenvalue weighted by Crippen LogP contribution is -2.20. The fourth-order valence-corrected chi connectivity index (χ4v) is 1.91. The SMILES string of the molecule is O=C(Nc1cc(F)cc(F)c1)Nc1cc(F)ccc1CCO. The zero-order chi connectivity index (χ0) is 16.1. The molecule has 2 aromatic carbocycles. The Kier molecular flexibility index (Phi) is 5.00. The van der Waals surface area contributed by atoms with E-state index in [9.17, 15) is 18.0 Å². The number of benzene rings is 2. The maximum atomic E-state index is 13.2. The zero-order valence-electron chi connectivity index (χ0n) is 11.4. The number of nitrogens with one attached hydrogen (secondary N) is 2. The van der Waals surface area contributed by atoms with E-state index in [4.69, 9.17) is 5.11 Å². The molecule has 0 aromatic heterocycles. The molecule has 0 fully saturated rings. The van der Waals surface area contributed by atoms with Gasteiger partial charge in [0.1, 0.15) is 17.5 Å². The molecule has 0 aliphatic carbocycles. The van der Waals surface area contributed by atoms with Gasteiger partial charge in [0.05, 0.1) is 0 Å². The topological polar surface area (TPSA) is 61.4 Å². The minimum Gasteiger partial charge on any atom is -0.396 e. The number of urea groups is 1. The fraction of sp³-hybridized carbons (Fsp3) is 0.133.